The molecule has 19 heteroatoms. The number of fused-ring (bicyclic) bond motifs is 1. The number of benzene rings is 3. The molecule has 2 aliphatic rings. The molecule has 2 fully saturated rings. The second-order valence-electron chi connectivity index (χ2n) is 12.4. The first-order valence-corrected chi connectivity index (χ1v) is 18.1. The number of ether oxygens (including phenoxy) is 1. The lowest BCUT2D eigenvalue weighted by Crippen LogP contribution is -2.60. The molecule has 3 aromatic rings. The average Bonchev–Trinajstić information content (AvgIpc) is 3.57. The van der Waals surface area contributed by atoms with Gasteiger partial charge in [0.05, 0.1) is 11.0 Å². The number of likely N-dealkylation sites (tertiary alicyclic amines) is 1. The van der Waals surface area contributed by atoms with E-state index in [9.17, 15) is 39.6 Å². The van der Waals surface area contributed by atoms with Crippen molar-refractivity contribution < 1.29 is 63.0 Å². The Morgan fingerprint density at radius 3 is 1.96 bits per heavy atom. The van der Waals surface area contributed by atoms with Crippen LogP contribution in [0.4, 0.5) is 35.1 Å². The van der Waals surface area contributed by atoms with Gasteiger partial charge in [0.2, 0.25) is 15.9 Å². The van der Waals surface area contributed by atoms with Crippen molar-refractivity contribution in [1.82, 2.24) is 9.21 Å². The first kappa shape index (κ1) is 41.2. The molecule has 1 atom stereocenters. The van der Waals surface area contributed by atoms with Crippen molar-refractivity contribution in [1.29, 1.82) is 0 Å². The average molecular weight is 833 g/mol. The van der Waals surface area contributed by atoms with Crippen LogP contribution in [0.25, 0.3) is 10.8 Å². The van der Waals surface area contributed by atoms with Crippen molar-refractivity contribution in [2.45, 2.75) is 79.9 Å². The molecule has 286 valence electrons. The number of nitrogens with two attached hydrogens (primary N) is 1. The molecule has 1 saturated carbocycles. The molecular formula is C33H34BrF8N3O6S. The third kappa shape index (κ3) is 10.3. The van der Waals surface area contributed by atoms with E-state index < -0.39 is 67.5 Å². The first-order valence-electron chi connectivity index (χ1n) is 15.9. The zero-order valence-corrected chi connectivity index (χ0v) is 29.5. The summed E-state index contributed by atoms with van der Waals surface area (Å²) in [5.74, 6) is -7.98. The van der Waals surface area contributed by atoms with Crippen LogP contribution in [0.15, 0.2) is 70.0 Å². The van der Waals surface area contributed by atoms with Gasteiger partial charge in [-0.05, 0) is 85.7 Å². The summed E-state index contributed by atoms with van der Waals surface area (Å²) in [6, 6.07) is 9.43. The SMILES string of the molecule is NC1CCN(C(=O)[C@@H](N(CC(F)(F)F)S(=O)(=O)c2ccc3cc(OC4CCCC4)ccc3c2)C(F)(F)c2ccc(Br)cc2)CC1.O=C(O)C(F)(F)F. The second kappa shape index (κ2) is 16.2. The number of halogens is 9. The smallest absolute Gasteiger partial charge is 0.490 e. The van der Waals surface area contributed by atoms with Crippen molar-refractivity contribution >= 4 is 48.6 Å². The molecule has 5 rings (SSSR count). The molecular weight excluding hydrogens is 798 g/mol. The molecule has 1 aliphatic carbocycles. The Morgan fingerprint density at radius 1 is 0.885 bits per heavy atom. The molecule has 1 heterocycles. The summed E-state index contributed by atoms with van der Waals surface area (Å²) in [5.41, 5.74) is 5.08. The molecule has 9 nitrogen and oxygen atoms in total. The highest BCUT2D eigenvalue weighted by Gasteiger charge is 2.57. The van der Waals surface area contributed by atoms with Gasteiger partial charge >= 0.3 is 18.3 Å². The summed E-state index contributed by atoms with van der Waals surface area (Å²) in [5, 5.41) is 8.01. The Hall–Kier alpha value is -3.55. The molecule has 0 aromatic heterocycles. The van der Waals surface area contributed by atoms with Crippen LogP contribution in [0.3, 0.4) is 0 Å². The highest BCUT2D eigenvalue weighted by atomic mass is 79.9. The molecule has 0 bridgehead atoms. The van der Waals surface area contributed by atoms with Crippen LogP contribution in [0.2, 0.25) is 0 Å². The molecule has 0 unspecified atom stereocenters. The van der Waals surface area contributed by atoms with Gasteiger partial charge in [-0.3, -0.25) is 4.79 Å². The fourth-order valence-electron chi connectivity index (χ4n) is 5.84. The van der Waals surface area contributed by atoms with E-state index >= 15 is 8.78 Å². The lowest BCUT2D eigenvalue weighted by Gasteiger charge is -2.40. The molecule has 0 spiro atoms. The maximum absolute atomic E-state index is 16.4. The van der Waals surface area contributed by atoms with Gasteiger partial charge in [-0.25, -0.2) is 13.2 Å². The summed E-state index contributed by atoms with van der Waals surface area (Å²) in [6.07, 6.45) is -5.87. The number of amides is 1. The number of piperidine rings is 1. The van der Waals surface area contributed by atoms with E-state index in [1.54, 1.807) is 18.2 Å². The van der Waals surface area contributed by atoms with Gasteiger partial charge < -0.3 is 20.5 Å². The normalized spacial score (nSPS) is 17.2. The molecule has 1 aliphatic heterocycles. The van der Waals surface area contributed by atoms with Gasteiger partial charge in [-0.1, -0.05) is 40.2 Å². The van der Waals surface area contributed by atoms with Crippen molar-refractivity contribution in [2.75, 3.05) is 19.6 Å². The highest BCUT2D eigenvalue weighted by Crippen LogP contribution is 2.41. The van der Waals surface area contributed by atoms with Crippen LogP contribution in [0, 0.1) is 0 Å². The Kier molecular flexibility index (Phi) is 12.9. The summed E-state index contributed by atoms with van der Waals surface area (Å²) >= 11 is 3.13. The summed E-state index contributed by atoms with van der Waals surface area (Å²) in [6.45, 7) is -2.51. The van der Waals surface area contributed by atoms with Crippen LogP contribution in [0.5, 0.6) is 5.75 Å². The van der Waals surface area contributed by atoms with Gasteiger partial charge in [0, 0.05) is 29.2 Å². The van der Waals surface area contributed by atoms with Crippen molar-refractivity contribution in [3.05, 3.63) is 70.7 Å². The molecule has 52 heavy (non-hydrogen) atoms. The maximum atomic E-state index is 16.4. The van der Waals surface area contributed by atoms with Crippen LogP contribution in [-0.4, -0.2) is 84.8 Å². The molecule has 3 N–H and O–H groups in total. The lowest BCUT2D eigenvalue weighted by atomic mass is 9.98. The number of nitrogens with zero attached hydrogens (tertiary/aromatic N) is 2. The van der Waals surface area contributed by atoms with Crippen LogP contribution < -0.4 is 10.5 Å². The number of carboxylic acids is 1. The number of hydrogen-bond acceptors (Lipinski definition) is 6. The van der Waals surface area contributed by atoms with E-state index in [2.05, 4.69) is 15.9 Å². The third-order valence-electron chi connectivity index (χ3n) is 8.52. The minimum atomic E-state index is -5.33. The first-order chi connectivity index (χ1) is 24.1. The summed E-state index contributed by atoms with van der Waals surface area (Å²) < 4.78 is 141. The van der Waals surface area contributed by atoms with Crippen molar-refractivity contribution in [2.24, 2.45) is 5.73 Å². The van der Waals surface area contributed by atoms with E-state index in [0.29, 0.717) is 21.0 Å². The number of hydrogen-bond donors (Lipinski definition) is 2. The van der Waals surface area contributed by atoms with Crippen LogP contribution in [0.1, 0.15) is 44.1 Å². The fraction of sp³-hybridized carbons (Fsp3) is 0.455. The Morgan fingerprint density at radius 2 is 1.42 bits per heavy atom. The van der Waals surface area contributed by atoms with Crippen LogP contribution >= 0.6 is 15.9 Å². The van der Waals surface area contributed by atoms with E-state index in [-0.39, 0.29) is 38.1 Å². The topological polar surface area (TPSA) is 130 Å². The predicted molar refractivity (Wildman–Crippen MR) is 176 cm³/mol. The van der Waals surface area contributed by atoms with Gasteiger partial charge in [0.15, 0.2) is 6.04 Å². The van der Waals surface area contributed by atoms with Crippen molar-refractivity contribution in [3.8, 4) is 5.75 Å². The fourth-order valence-corrected chi connectivity index (χ4v) is 7.71. The minimum absolute atomic E-state index is 0.0653. The monoisotopic (exact) mass is 831 g/mol. The Balaban J connectivity index is 0.000000785. The number of carbonyl (C=O) groups excluding carboxylic acids is 1. The standard InChI is InChI=1S/C31H33BrF5N3O4S.C2HF3O2/c32-23-9-7-22(8-10-23)31(36,37)28(29(41)39-15-13-24(38)14-16-39)40(19-30(33,34)35)45(42,43)27-12-6-20-17-26(11-5-21(20)18-27)44-25-3-1-2-4-25;3-2(4,5)1(6)7/h5-12,17-18,24-25,28H,1-4,13-16,19,38H2;(H,6,7)/t28-;/m1./s1. The highest BCUT2D eigenvalue weighted by molar-refractivity contribution is 9.10. The van der Waals surface area contributed by atoms with E-state index in [1.807, 2.05) is 0 Å². The molecule has 3 aromatic carbocycles. The van der Waals surface area contributed by atoms with Crippen LogP contribution in [-0.2, 0) is 25.5 Å². The predicted octanol–water partition coefficient (Wildman–Crippen LogP) is 7.22. The molecule has 0 radical (unpaired) electrons. The number of alkyl halides is 8. The van der Waals surface area contributed by atoms with E-state index in [4.69, 9.17) is 20.4 Å². The Bertz CT molecular complexity index is 1830. The number of aliphatic carboxylic acids is 1. The number of carbonyl (C=O) groups is 2. The van der Waals surface area contributed by atoms with E-state index in [1.165, 1.54) is 18.2 Å². The Labute approximate surface area is 301 Å². The second-order valence-corrected chi connectivity index (χ2v) is 15.2. The van der Waals surface area contributed by atoms with Crippen molar-refractivity contribution in [3.63, 3.8) is 0 Å². The van der Waals surface area contributed by atoms with Gasteiger partial charge in [-0.15, -0.1) is 0 Å². The van der Waals surface area contributed by atoms with Gasteiger partial charge in [0.25, 0.3) is 5.92 Å². The molecule has 1 amide bonds. The zero-order valence-electron chi connectivity index (χ0n) is 27.1. The maximum Gasteiger partial charge on any atom is 0.490 e. The van der Waals surface area contributed by atoms with Gasteiger partial charge in [-0.2, -0.15) is 39.4 Å². The van der Waals surface area contributed by atoms with Gasteiger partial charge in [0.1, 0.15) is 12.3 Å². The third-order valence-corrected chi connectivity index (χ3v) is 10.9. The number of carboxylic acid groups (broad SMARTS) is 1. The summed E-state index contributed by atoms with van der Waals surface area (Å²) in [7, 11) is -5.33. The lowest BCUT2D eigenvalue weighted by molar-refractivity contribution is -0.192. The molecule has 1 saturated heterocycles. The number of rotatable bonds is 9. The largest absolute Gasteiger partial charge is 0.490 e. The summed E-state index contributed by atoms with van der Waals surface area (Å²) in [4.78, 5) is 23.0. The zero-order chi connectivity index (χ0) is 38.6. The number of sulfonamides is 1. The quantitative estimate of drug-likeness (QED) is 0.218. The minimum Gasteiger partial charge on any atom is -0.490 e. The van der Waals surface area contributed by atoms with E-state index in [0.717, 1.165) is 54.8 Å².